The molecule has 0 aromatic heterocycles. The van der Waals surface area contributed by atoms with Crippen LogP contribution in [0.25, 0.3) is 0 Å². The number of amides is 1. The van der Waals surface area contributed by atoms with Gasteiger partial charge in [0.2, 0.25) is 5.91 Å². The molecule has 0 radical (unpaired) electrons. The van der Waals surface area contributed by atoms with Crippen LogP contribution in [0.4, 0.5) is 5.69 Å². The summed E-state index contributed by atoms with van der Waals surface area (Å²) >= 11 is 0. The van der Waals surface area contributed by atoms with Gasteiger partial charge in [0.1, 0.15) is 0 Å². The normalized spacial score (nSPS) is 35.1. The number of carbonyl (C=O) groups excluding carboxylic acids is 1. The van der Waals surface area contributed by atoms with E-state index in [2.05, 4.69) is 29.3 Å². The van der Waals surface area contributed by atoms with Crippen LogP contribution in [0.3, 0.4) is 0 Å². The van der Waals surface area contributed by atoms with Crippen LogP contribution in [-0.2, 0) is 4.79 Å². The Balaban J connectivity index is 1.43. The van der Waals surface area contributed by atoms with E-state index in [0.29, 0.717) is 11.6 Å². The third kappa shape index (κ3) is 2.87. The van der Waals surface area contributed by atoms with Gasteiger partial charge in [-0.3, -0.25) is 4.79 Å². The third-order valence-corrected chi connectivity index (χ3v) is 8.21. The second-order valence-corrected chi connectivity index (χ2v) is 10.7. The Kier molecular flexibility index (Phi) is 4.29. The second kappa shape index (κ2) is 6.57. The van der Waals surface area contributed by atoms with E-state index in [1.807, 2.05) is 26.1 Å². The largest absolute Gasteiger partial charge is 0.388 e. The molecule has 4 bridgehead atoms. The summed E-state index contributed by atoms with van der Waals surface area (Å²) in [6.45, 7) is 4.20. The van der Waals surface area contributed by atoms with Crippen LogP contribution in [0.5, 0.6) is 0 Å². The average molecular weight is 405 g/mol. The lowest BCUT2D eigenvalue weighted by atomic mass is 9.50. The number of anilines is 1. The van der Waals surface area contributed by atoms with Gasteiger partial charge in [-0.15, -0.1) is 0 Å². The van der Waals surface area contributed by atoms with Gasteiger partial charge in [0.05, 0.1) is 23.1 Å². The van der Waals surface area contributed by atoms with Crippen molar-refractivity contribution in [2.45, 2.75) is 76.8 Å². The van der Waals surface area contributed by atoms with Gasteiger partial charge in [0.25, 0.3) is 0 Å². The monoisotopic (exact) mass is 404 g/mol. The lowest BCUT2D eigenvalue weighted by Crippen LogP contribution is -2.66. The molecule has 2 saturated heterocycles. The molecule has 3 atom stereocenters. The molecule has 3 aliphatic carbocycles. The van der Waals surface area contributed by atoms with Crippen molar-refractivity contribution in [3.05, 3.63) is 29.3 Å². The summed E-state index contributed by atoms with van der Waals surface area (Å²) in [5, 5.41) is 22.1. The molecule has 2 N–H and O–H groups in total. The van der Waals surface area contributed by atoms with Crippen LogP contribution in [0.2, 0.25) is 0 Å². The van der Waals surface area contributed by atoms with Crippen molar-refractivity contribution in [3.63, 3.8) is 0 Å². The summed E-state index contributed by atoms with van der Waals surface area (Å²) < 4.78 is 0. The number of carbonyl (C=O) groups is 1. The minimum absolute atomic E-state index is 0.0816. The van der Waals surface area contributed by atoms with Crippen molar-refractivity contribution in [3.8, 4) is 6.07 Å². The Labute approximate surface area is 179 Å². The first-order valence-corrected chi connectivity index (χ1v) is 11.4. The summed E-state index contributed by atoms with van der Waals surface area (Å²) in [5.74, 6) is 0.131. The fraction of sp³-hybridized carbons (Fsp3) is 0.640. The molecule has 1 aromatic carbocycles. The molecule has 0 spiro atoms. The van der Waals surface area contributed by atoms with Crippen LogP contribution < -0.4 is 5.32 Å². The van der Waals surface area contributed by atoms with Crippen molar-refractivity contribution in [1.29, 1.82) is 10.7 Å². The predicted molar refractivity (Wildman–Crippen MR) is 118 cm³/mol. The lowest BCUT2D eigenvalue weighted by molar-refractivity contribution is -0.164. The minimum atomic E-state index is -0.472. The van der Waals surface area contributed by atoms with Crippen LogP contribution >= 0.6 is 0 Å². The van der Waals surface area contributed by atoms with Gasteiger partial charge in [-0.1, -0.05) is 19.1 Å². The molecule has 2 aliphatic heterocycles. The highest BCUT2D eigenvalue weighted by Crippen LogP contribution is 2.61. The number of benzene rings is 1. The standard InChI is InChI=1S/C25H32N4O/c1-15(22(27)21-19(16-7-8-16)5-4-6-20(21)28-3)23(30)29-17-9-24(2)10-18(29)12-25(11-17,13-24)14-26/h4-6,15-18,27-28H,7-13H2,1-3H3. The first-order chi connectivity index (χ1) is 14.3. The number of nitrogens with one attached hydrogen (secondary N) is 2. The third-order valence-electron chi connectivity index (χ3n) is 8.21. The van der Waals surface area contributed by atoms with E-state index < -0.39 is 5.92 Å². The van der Waals surface area contributed by atoms with E-state index in [9.17, 15) is 10.1 Å². The number of hydrogen-bond acceptors (Lipinski definition) is 4. The maximum absolute atomic E-state index is 13.7. The smallest absolute Gasteiger partial charge is 0.231 e. The summed E-state index contributed by atoms with van der Waals surface area (Å²) in [5.41, 5.74) is 3.46. The van der Waals surface area contributed by atoms with Crippen LogP contribution in [0, 0.1) is 33.5 Å². The first-order valence-electron chi connectivity index (χ1n) is 11.4. The SMILES string of the molecule is CNc1cccc(C2CC2)c1C(=N)C(C)C(=O)N1C2CC3(C)CC1CC(C#N)(C2)C3. The van der Waals surface area contributed by atoms with Crippen LogP contribution in [-0.4, -0.2) is 35.7 Å². The summed E-state index contributed by atoms with van der Waals surface area (Å²) in [6.07, 6.45) is 6.93. The Morgan fingerprint density at radius 3 is 2.50 bits per heavy atom. The van der Waals surface area contributed by atoms with Gasteiger partial charge in [-0.2, -0.15) is 5.26 Å². The van der Waals surface area contributed by atoms with Crippen LogP contribution in [0.15, 0.2) is 18.2 Å². The number of piperidine rings is 2. The van der Waals surface area contributed by atoms with Crippen molar-refractivity contribution in [2.24, 2.45) is 16.7 Å². The Bertz CT molecular complexity index is 940. The molecule has 5 fully saturated rings. The highest BCUT2D eigenvalue weighted by atomic mass is 16.2. The van der Waals surface area contributed by atoms with Gasteiger partial charge in [0.15, 0.2) is 0 Å². The first kappa shape index (κ1) is 19.6. The molecule has 30 heavy (non-hydrogen) atoms. The number of hydrogen-bond donors (Lipinski definition) is 2. The fourth-order valence-electron chi connectivity index (χ4n) is 7.02. The molecule has 3 saturated carbocycles. The highest BCUT2D eigenvalue weighted by Gasteiger charge is 2.60. The molecule has 6 rings (SSSR count). The molecular formula is C25H32N4O. The lowest BCUT2D eigenvalue weighted by Gasteiger charge is -2.63. The Morgan fingerprint density at radius 1 is 1.27 bits per heavy atom. The molecule has 5 heteroatoms. The highest BCUT2D eigenvalue weighted by molar-refractivity contribution is 6.14. The number of rotatable bonds is 5. The second-order valence-electron chi connectivity index (χ2n) is 10.7. The van der Waals surface area contributed by atoms with Crippen molar-refractivity contribution < 1.29 is 4.79 Å². The molecule has 158 valence electrons. The predicted octanol–water partition coefficient (Wildman–Crippen LogP) is 4.68. The van der Waals surface area contributed by atoms with Crippen molar-refractivity contribution in [1.82, 2.24) is 4.90 Å². The van der Waals surface area contributed by atoms with E-state index in [0.717, 1.165) is 43.4 Å². The minimum Gasteiger partial charge on any atom is -0.388 e. The maximum atomic E-state index is 13.7. The number of nitrogens with zero attached hydrogens (tertiary/aromatic N) is 2. The van der Waals surface area contributed by atoms with Crippen molar-refractivity contribution >= 4 is 17.3 Å². The van der Waals surface area contributed by atoms with E-state index in [1.54, 1.807) is 0 Å². The van der Waals surface area contributed by atoms with Gasteiger partial charge >= 0.3 is 0 Å². The molecule has 5 aliphatic rings. The zero-order valence-electron chi connectivity index (χ0n) is 18.3. The van der Waals surface area contributed by atoms with E-state index in [1.165, 1.54) is 18.4 Å². The number of nitriles is 1. The molecule has 3 unspecified atom stereocenters. The van der Waals surface area contributed by atoms with Crippen LogP contribution in [0.1, 0.15) is 75.8 Å². The molecule has 2 heterocycles. The summed E-state index contributed by atoms with van der Waals surface area (Å²) in [4.78, 5) is 15.8. The average Bonchev–Trinajstić information content (AvgIpc) is 3.55. The Morgan fingerprint density at radius 2 is 1.93 bits per heavy atom. The molecule has 1 aromatic rings. The molecular weight excluding hydrogens is 372 g/mol. The summed E-state index contributed by atoms with van der Waals surface area (Å²) in [6, 6.07) is 9.11. The van der Waals surface area contributed by atoms with E-state index in [4.69, 9.17) is 5.41 Å². The van der Waals surface area contributed by atoms with E-state index >= 15 is 0 Å². The Hall–Kier alpha value is -2.35. The topological polar surface area (TPSA) is 80.0 Å². The molecule has 1 amide bonds. The van der Waals surface area contributed by atoms with Gasteiger partial charge in [0, 0.05) is 30.4 Å². The van der Waals surface area contributed by atoms with E-state index in [-0.39, 0.29) is 28.8 Å². The summed E-state index contributed by atoms with van der Waals surface area (Å²) in [7, 11) is 1.89. The zero-order valence-corrected chi connectivity index (χ0v) is 18.3. The van der Waals surface area contributed by atoms with Gasteiger partial charge in [-0.25, -0.2) is 0 Å². The maximum Gasteiger partial charge on any atom is 0.231 e. The van der Waals surface area contributed by atoms with Crippen molar-refractivity contribution in [2.75, 3.05) is 12.4 Å². The van der Waals surface area contributed by atoms with Gasteiger partial charge in [-0.05, 0) is 74.8 Å². The quantitative estimate of drug-likeness (QED) is 0.699. The van der Waals surface area contributed by atoms with Gasteiger partial charge < -0.3 is 15.6 Å². The fourth-order valence-corrected chi connectivity index (χ4v) is 7.02. The molecule has 5 nitrogen and oxygen atoms in total. The zero-order chi connectivity index (χ0) is 21.3.